The molecule has 0 saturated carbocycles. The zero-order valence-corrected chi connectivity index (χ0v) is 11.0. The van der Waals surface area contributed by atoms with Gasteiger partial charge in [-0.2, -0.15) is 0 Å². The van der Waals surface area contributed by atoms with Crippen molar-refractivity contribution in [2.45, 2.75) is 38.8 Å². The Morgan fingerprint density at radius 3 is 2.82 bits per heavy atom. The molecular weight excluding hydrogens is 220 g/mol. The fraction of sp³-hybridized carbons (Fsp3) is 0.917. The van der Waals surface area contributed by atoms with Crippen LogP contribution in [0.5, 0.6) is 0 Å². The molecule has 1 aliphatic rings. The van der Waals surface area contributed by atoms with Crippen molar-refractivity contribution in [1.82, 2.24) is 10.6 Å². The first-order valence-corrected chi connectivity index (χ1v) is 6.13. The average Bonchev–Trinajstić information content (AvgIpc) is 2.74. The molecule has 2 unspecified atom stereocenters. The summed E-state index contributed by atoms with van der Waals surface area (Å²) in [6.45, 7) is 5.53. The third kappa shape index (κ3) is 4.61. The second-order valence-corrected chi connectivity index (χ2v) is 5.41. The zero-order valence-electron chi connectivity index (χ0n) is 11.0. The van der Waals surface area contributed by atoms with Crippen LogP contribution in [-0.4, -0.2) is 50.0 Å². The average molecular weight is 244 g/mol. The maximum atomic E-state index is 11.9. The molecule has 0 aliphatic carbocycles. The summed E-state index contributed by atoms with van der Waals surface area (Å²) in [4.78, 5) is 11.9. The summed E-state index contributed by atoms with van der Waals surface area (Å²) < 4.78 is 5.20. The number of hydrogen-bond donors (Lipinski definition) is 3. The lowest BCUT2D eigenvalue weighted by Gasteiger charge is -2.24. The van der Waals surface area contributed by atoms with Gasteiger partial charge in [-0.05, 0) is 18.3 Å². The van der Waals surface area contributed by atoms with Gasteiger partial charge in [0.1, 0.15) is 0 Å². The van der Waals surface area contributed by atoms with E-state index in [1.54, 1.807) is 7.11 Å². The van der Waals surface area contributed by atoms with Crippen molar-refractivity contribution in [1.29, 1.82) is 0 Å². The van der Waals surface area contributed by atoms with E-state index in [4.69, 9.17) is 9.84 Å². The van der Waals surface area contributed by atoms with Gasteiger partial charge < -0.3 is 20.5 Å². The van der Waals surface area contributed by atoms with Crippen LogP contribution in [0.25, 0.3) is 0 Å². The van der Waals surface area contributed by atoms with E-state index >= 15 is 0 Å². The van der Waals surface area contributed by atoms with E-state index in [-0.39, 0.29) is 30.1 Å². The Hall–Kier alpha value is -0.650. The summed E-state index contributed by atoms with van der Waals surface area (Å²) in [6.07, 6.45) is 1.55. The van der Waals surface area contributed by atoms with Crippen molar-refractivity contribution < 1.29 is 14.6 Å². The molecule has 0 radical (unpaired) electrons. The van der Waals surface area contributed by atoms with Crippen LogP contribution < -0.4 is 10.6 Å². The number of carbonyl (C=O) groups is 1. The van der Waals surface area contributed by atoms with Gasteiger partial charge in [-0.15, -0.1) is 0 Å². The molecule has 3 N–H and O–H groups in total. The minimum absolute atomic E-state index is 0.0237. The standard InChI is InChI=1S/C12H24N2O3/c1-12(2,4-5-15)8-14-11(16)10-6-9(17-3)7-13-10/h9-10,13,15H,4-8H2,1-3H3,(H,14,16). The Kier molecular flexibility index (Phi) is 5.36. The van der Waals surface area contributed by atoms with Crippen LogP contribution in [0.4, 0.5) is 0 Å². The van der Waals surface area contributed by atoms with Crippen molar-refractivity contribution in [3.05, 3.63) is 0 Å². The maximum absolute atomic E-state index is 11.9. The van der Waals surface area contributed by atoms with Crippen molar-refractivity contribution in [2.75, 3.05) is 26.8 Å². The van der Waals surface area contributed by atoms with Gasteiger partial charge in [0, 0.05) is 26.8 Å². The second kappa shape index (κ2) is 6.33. The van der Waals surface area contributed by atoms with Gasteiger partial charge in [-0.25, -0.2) is 0 Å². The molecule has 0 aromatic rings. The second-order valence-electron chi connectivity index (χ2n) is 5.41. The van der Waals surface area contributed by atoms with Crippen molar-refractivity contribution in [2.24, 2.45) is 5.41 Å². The number of carbonyl (C=O) groups excluding carboxylic acids is 1. The smallest absolute Gasteiger partial charge is 0.237 e. The Morgan fingerprint density at radius 1 is 1.59 bits per heavy atom. The molecule has 1 amide bonds. The summed E-state index contributed by atoms with van der Waals surface area (Å²) in [5.74, 6) is 0.0237. The zero-order chi connectivity index (χ0) is 12.9. The van der Waals surface area contributed by atoms with Gasteiger partial charge >= 0.3 is 0 Å². The SMILES string of the molecule is COC1CNC(C(=O)NCC(C)(C)CCO)C1. The first-order valence-electron chi connectivity index (χ1n) is 6.13. The number of nitrogens with one attached hydrogen (secondary N) is 2. The fourth-order valence-electron chi connectivity index (χ4n) is 1.92. The predicted molar refractivity (Wildman–Crippen MR) is 65.7 cm³/mol. The van der Waals surface area contributed by atoms with E-state index in [0.29, 0.717) is 13.0 Å². The largest absolute Gasteiger partial charge is 0.396 e. The molecular formula is C12H24N2O3. The lowest BCUT2D eigenvalue weighted by Crippen LogP contribution is -2.44. The minimum atomic E-state index is -0.148. The van der Waals surface area contributed by atoms with Crippen LogP contribution in [0, 0.1) is 5.41 Å². The van der Waals surface area contributed by atoms with Gasteiger partial charge in [0.15, 0.2) is 0 Å². The topological polar surface area (TPSA) is 70.6 Å². The number of rotatable bonds is 6. The van der Waals surface area contributed by atoms with E-state index in [0.717, 1.165) is 13.0 Å². The van der Waals surface area contributed by atoms with Crippen LogP contribution in [-0.2, 0) is 9.53 Å². The molecule has 17 heavy (non-hydrogen) atoms. The van der Waals surface area contributed by atoms with Crippen LogP contribution in [0.1, 0.15) is 26.7 Å². The molecule has 1 aliphatic heterocycles. The molecule has 1 fully saturated rings. The molecule has 5 heteroatoms. The number of aliphatic hydroxyl groups is 1. The molecule has 0 bridgehead atoms. The first kappa shape index (κ1) is 14.4. The van der Waals surface area contributed by atoms with E-state index in [2.05, 4.69) is 10.6 Å². The van der Waals surface area contributed by atoms with Gasteiger partial charge in [0.25, 0.3) is 0 Å². The molecule has 0 aromatic heterocycles. The Bertz CT molecular complexity index is 256. The highest BCUT2D eigenvalue weighted by molar-refractivity contribution is 5.82. The van der Waals surface area contributed by atoms with Crippen molar-refractivity contribution in [3.8, 4) is 0 Å². The fourth-order valence-corrected chi connectivity index (χ4v) is 1.92. The summed E-state index contributed by atoms with van der Waals surface area (Å²) in [5.41, 5.74) is -0.0658. The molecule has 0 spiro atoms. The first-order chi connectivity index (χ1) is 7.98. The lowest BCUT2D eigenvalue weighted by molar-refractivity contribution is -0.123. The number of aliphatic hydroxyl groups excluding tert-OH is 1. The molecule has 1 rings (SSSR count). The molecule has 1 heterocycles. The van der Waals surface area contributed by atoms with Crippen molar-refractivity contribution in [3.63, 3.8) is 0 Å². The highest BCUT2D eigenvalue weighted by atomic mass is 16.5. The van der Waals surface area contributed by atoms with E-state index in [1.165, 1.54) is 0 Å². The Balaban J connectivity index is 2.30. The minimum Gasteiger partial charge on any atom is -0.396 e. The number of methoxy groups -OCH3 is 1. The molecule has 100 valence electrons. The van der Waals surface area contributed by atoms with Crippen LogP contribution >= 0.6 is 0 Å². The van der Waals surface area contributed by atoms with Gasteiger partial charge in [-0.1, -0.05) is 13.8 Å². The maximum Gasteiger partial charge on any atom is 0.237 e. The van der Waals surface area contributed by atoms with E-state index < -0.39 is 0 Å². The molecule has 5 nitrogen and oxygen atoms in total. The van der Waals surface area contributed by atoms with Crippen molar-refractivity contribution >= 4 is 5.91 Å². The highest BCUT2D eigenvalue weighted by Gasteiger charge is 2.30. The van der Waals surface area contributed by atoms with Gasteiger partial charge in [-0.3, -0.25) is 4.79 Å². The number of amides is 1. The quantitative estimate of drug-likeness (QED) is 0.609. The summed E-state index contributed by atoms with van der Waals surface area (Å²) in [5, 5.41) is 15.0. The van der Waals surface area contributed by atoms with Gasteiger partial charge in [0.05, 0.1) is 12.1 Å². The summed E-state index contributed by atoms with van der Waals surface area (Å²) in [6, 6.07) is -0.148. The van der Waals surface area contributed by atoms with Crippen LogP contribution in [0.15, 0.2) is 0 Å². The lowest BCUT2D eigenvalue weighted by atomic mass is 9.89. The molecule has 1 saturated heterocycles. The Labute approximate surface area is 103 Å². The summed E-state index contributed by atoms with van der Waals surface area (Å²) >= 11 is 0. The van der Waals surface area contributed by atoms with E-state index in [9.17, 15) is 4.79 Å². The number of hydrogen-bond acceptors (Lipinski definition) is 4. The third-order valence-electron chi connectivity index (χ3n) is 3.27. The predicted octanol–water partition coefficient (Wildman–Crippen LogP) is -0.112. The van der Waals surface area contributed by atoms with Crippen LogP contribution in [0.3, 0.4) is 0 Å². The van der Waals surface area contributed by atoms with E-state index in [1.807, 2.05) is 13.8 Å². The monoisotopic (exact) mass is 244 g/mol. The van der Waals surface area contributed by atoms with Gasteiger partial charge in [0.2, 0.25) is 5.91 Å². The third-order valence-corrected chi connectivity index (χ3v) is 3.27. The normalized spacial score (nSPS) is 24.9. The van der Waals surface area contributed by atoms with Crippen LogP contribution in [0.2, 0.25) is 0 Å². The Morgan fingerprint density at radius 2 is 2.29 bits per heavy atom. The molecule has 2 atom stereocenters. The number of ether oxygens (including phenoxy) is 1. The molecule has 0 aromatic carbocycles. The summed E-state index contributed by atoms with van der Waals surface area (Å²) in [7, 11) is 1.66. The highest BCUT2D eigenvalue weighted by Crippen LogP contribution is 2.18.